The molecule has 1 aromatic rings. The molecule has 1 aromatic heterocycles. The predicted molar refractivity (Wildman–Crippen MR) is 54.9 cm³/mol. The van der Waals surface area contributed by atoms with Crippen LogP contribution in [0.5, 0.6) is 0 Å². The quantitative estimate of drug-likeness (QED) is 0.777. The summed E-state index contributed by atoms with van der Waals surface area (Å²) in [5.74, 6) is 0. The Morgan fingerprint density at radius 2 is 2.38 bits per heavy atom. The molecule has 0 aliphatic rings. The van der Waals surface area contributed by atoms with Crippen molar-refractivity contribution in [3.8, 4) is 0 Å². The van der Waals surface area contributed by atoms with Crippen LogP contribution in [0, 0.1) is 6.92 Å². The van der Waals surface area contributed by atoms with Gasteiger partial charge in [0.2, 0.25) is 0 Å². The number of aliphatic hydroxyl groups excluding tert-OH is 1. The monoisotopic (exact) mass is 200 g/mol. The molecular weight excluding hydrogens is 184 g/mol. The number of nitrogens with zero attached hydrogens (tertiary/aromatic N) is 2. The van der Waals surface area contributed by atoms with Crippen LogP contribution in [0.2, 0.25) is 0 Å². The van der Waals surface area contributed by atoms with E-state index in [0.29, 0.717) is 0 Å². The van der Waals surface area contributed by atoms with E-state index in [1.165, 1.54) is 4.88 Å². The molecule has 0 unspecified atom stereocenters. The fourth-order valence-electron chi connectivity index (χ4n) is 1.19. The first kappa shape index (κ1) is 10.6. The molecule has 1 N–H and O–H groups in total. The average Bonchev–Trinajstić information content (AvgIpc) is 2.50. The van der Waals surface area contributed by atoms with Crippen molar-refractivity contribution in [2.24, 2.45) is 0 Å². The highest BCUT2D eigenvalue weighted by Gasteiger charge is 2.04. The molecule has 0 aliphatic heterocycles. The Balaban J connectivity index is 2.46. The number of aryl methyl sites for hydroxylation is 1. The van der Waals surface area contributed by atoms with Crippen LogP contribution in [0.4, 0.5) is 0 Å². The molecule has 0 fully saturated rings. The Bertz CT molecular complexity index is 250. The van der Waals surface area contributed by atoms with Crippen molar-refractivity contribution >= 4 is 11.3 Å². The molecule has 0 aliphatic carbocycles. The van der Waals surface area contributed by atoms with Gasteiger partial charge in [0.25, 0.3) is 0 Å². The Hall–Kier alpha value is -0.450. The van der Waals surface area contributed by atoms with Gasteiger partial charge in [0, 0.05) is 24.2 Å². The van der Waals surface area contributed by atoms with E-state index in [0.717, 1.165) is 24.6 Å². The zero-order chi connectivity index (χ0) is 9.68. The first-order valence-electron chi connectivity index (χ1n) is 4.50. The van der Waals surface area contributed by atoms with Crippen molar-refractivity contribution in [1.29, 1.82) is 0 Å². The highest BCUT2D eigenvalue weighted by Crippen LogP contribution is 2.13. The SMILES string of the molecule is CCN(CCO)Cc1cnc(C)s1. The van der Waals surface area contributed by atoms with Gasteiger partial charge in [-0.25, -0.2) is 4.98 Å². The minimum atomic E-state index is 0.228. The summed E-state index contributed by atoms with van der Waals surface area (Å²) in [5, 5.41) is 9.90. The topological polar surface area (TPSA) is 36.4 Å². The number of aliphatic hydroxyl groups is 1. The van der Waals surface area contributed by atoms with E-state index in [9.17, 15) is 0 Å². The highest BCUT2D eigenvalue weighted by molar-refractivity contribution is 7.11. The molecule has 74 valence electrons. The smallest absolute Gasteiger partial charge is 0.0897 e. The van der Waals surface area contributed by atoms with E-state index in [1.54, 1.807) is 11.3 Å². The Morgan fingerprint density at radius 3 is 2.85 bits per heavy atom. The van der Waals surface area contributed by atoms with Crippen LogP contribution in [0.1, 0.15) is 16.8 Å². The Kier molecular flexibility index (Phi) is 4.35. The van der Waals surface area contributed by atoms with Gasteiger partial charge < -0.3 is 5.11 Å². The van der Waals surface area contributed by atoms with Gasteiger partial charge in [-0.05, 0) is 13.5 Å². The molecule has 0 saturated heterocycles. The molecular formula is C9H16N2OS. The maximum atomic E-state index is 8.80. The van der Waals surface area contributed by atoms with Crippen molar-refractivity contribution < 1.29 is 5.11 Å². The van der Waals surface area contributed by atoms with Crippen molar-refractivity contribution in [3.63, 3.8) is 0 Å². The number of aromatic nitrogens is 1. The van der Waals surface area contributed by atoms with E-state index >= 15 is 0 Å². The van der Waals surface area contributed by atoms with Crippen LogP contribution in [0.3, 0.4) is 0 Å². The molecule has 0 saturated carbocycles. The molecule has 0 aromatic carbocycles. The van der Waals surface area contributed by atoms with E-state index in [1.807, 2.05) is 13.1 Å². The van der Waals surface area contributed by atoms with Gasteiger partial charge in [-0.1, -0.05) is 6.92 Å². The number of likely N-dealkylation sites (N-methyl/N-ethyl adjacent to an activating group) is 1. The number of hydrogen-bond donors (Lipinski definition) is 1. The lowest BCUT2D eigenvalue weighted by Crippen LogP contribution is -2.25. The fourth-order valence-corrected chi connectivity index (χ4v) is 2.03. The van der Waals surface area contributed by atoms with Crippen LogP contribution < -0.4 is 0 Å². The van der Waals surface area contributed by atoms with Gasteiger partial charge in [0.05, 0.1) is 11.6 Å². The van der Waals surface area contributed by atoms with Crippen molar-refractivity contribution in [3.05, 3.63) is 16.1 Å². The molecule has 3 nitrogen and oxygen atoms in total. The Morgan fingerprint density at radius 1 is 1.62 bits per heavy atom. The summed E-state index contributed by atoms with van der Waals surface area (Å²) in [6, 6.07) is 0. The van der Waals surface area contributed by atoms with Gasteiger partial charge in [0.15, 0.2) is 0 Å². The molecule has 0 bridgehead atoms. The van der Waals surface area contributed by atoms with Crippen LogP contribution in [-0.2, 0) is 6.54 Å². The normalized spacial score (nSPS) is 11.1. The van der Waals surface area contributed by atoms with Gasteiger partial charge >= 0.3 is 0 Å². The molecule has 13 heavy (non-hydrogen) atoms. The van der Waals surface area contributed by atoms with E-state index in [-0.39, 0.29) is 6.61 Å². The van der Waals surface area contributed by atoms with E-state index in [4.69, 9.17) is 5.11 Å². The second kappa shape index (κ2) is 5.32. The third-order valence-electron chi connectivity index (χ3n) is 1.91. The summed E-state index contributed by atoms with van der Waals surface area (Å²) in [6.45, 7) is 6.96. The minimum absolute atomic E-state index is 0.228. The van der Waals surface area contributed by atoms with Crippen molar-refractivity contribution in [2.45, 2.75) is 20.4 Å². The second-order valence-corrected chi connectivity index (χ2v) is 4.26. The van der Waals surface area contributed by atoms with Crippen molar-refractivity contribution in [2.75, 3.05) is 19.7 Å². The molecule has 1 heterocycles. The van der Waals surface area contributed by atoms with Crippen LogP contribution in [-0.4, -0.2) is 34.7 Å². The van der Waals surface area contributed by atoms with Crippen LogP contribution in [0.25, 0.3) is 0 Å². The van der Waals surface area contributed by atoms with Gasteiger partial charge in [-0.3, -0.25) is 4.90 Å². The lowest BCUT2D eigenvalue weighted by atomic mass is 10.4. The largest absolute Gasteiger partial charge is 0.395 e. The summed E-state index contributed by atoms with van der Waals surface area (Å²) >= 11 is 1.72. The third-order valence-corrected chi connectivity index (χ3v) is 2.81. The molecule has 0 radical (unpaired) electrons. The maximum absolute atomic E-state index is 8.80. The maximum Gasteiger partial charge on any atom is 0.0897 e. The zero-order valence-corrected chi connectivity index (χ0v) is 8.97. The van der Waals surface area contributed by atoms with Crippen LogP contribution >= 0.6 is 11.3 Å². The van der Waals surface area contributed by atoms with Gasteiger partial charge in [-0.2, -0.15) is 0 Å². The number of rotatable bonds is 5. The molecule has 4 heteroatoms. The lowest BCUT2D eigenvalue weighted by Gasteiger charge is -2.17. The summed E-state index contributed by atoms with van der Waals surface area (Å²) in [4.78, 5) is 7.67. The first-order chi connectivity index (χ1) is 6.26. The summed E-state index contributed by atoms with van der Waals surface area (Å²) in [7, 11) is 0. The summed E-state index contributed by atoms with van der Waals surface area (Å²) < 4.78 is 0. The second-order valence-electron chi connectivity index (χ2n) is 2.94. The predicted octanol–water partition coefficient (Wildman–Crippen LogP) is 1.27. The third kappa shape index (κ3) is 3.42. The minimum Gasteiger partial charge on any atom is -0.395 e. The van der Waals surface area contributed by atoms with Crippen molar-refractivity contribution in [1.82, 2.24) is 9.88 Å². The van der Waals surface area contributed by atoms with Gasteiger partial charge in [-0.15, -0.1) is 11.3 Å². The molecule has 0 atom stereocenters. The fraction of sp³-hybridized carbons (Fsp3) is 0.667. The number of thiazole rings is 1. The number of hydrogen-bond acceptors (Lipinski definition) is 4. The van der Waals surface area contributed by atoms with E-state index in [2.05, 4.69) is 16.8 Å². The first-order valence-corrected chi connectivity index (χ1v) is 5.32. The molecule has 0 amide bonds. The Labute approximate surface area is 83.0 Å². The summed E-state index contributed by atoms with van der Waals surface area (Å²) in [6.07, 6.45) is 1.92. The average molecular weight is 200 g/mol. The van der Waals surface area contributed by atoms with E-state index < -0.39 is 0 Å². The summed E-state index contributed by atoms with van der Waals surface area (Å²) in [5.41, 5.74) is 0. The molecule has 0 spiro atoms. The zero-order valence-electron chi connectivity index (χ0n) is 8.16. The standard InChI is InChI=1S/C9H16N2OS/c1-3-11(4-5-12)7-9-6-10-8(2)13-9/h6,12H,3-5,7H2,1-2H3. The lowest BCUT2D eigenvalue weighted by molar-refractivity contribution is 0.198. The molecule has 1 rings (SSSR count). The van der Waals surface area contributed by atoms with Gasteiger partial charge in [0.1, 0.15) is 0 Å². The van der Waals surface area contributed by atoms with Crippen LogP contribution in [0.15, 0.2) is 6.20 Å². The highest BCUT2D eigenvalue weighted by atomic mass is 32.1.